The summed E-state index contributed by atoms with van der Waals surface area (Å²) in [7, 11) is 0. The number of carbonyl (C=O) groups excluding carboxylic acids is 1. The average molecular weight is 291 g/mol. The van der Waals surface area contributed by atoms with Gasteiger partial charge in [-0.1, -0.05) is 6.07 Å². The van der Waals surface area contributed by atoms with Crippen molar-refractivity contribution < 1.29 is 9.18 Å². The van der Waals surface area contributed by atoms with Crippen LogP contribution in [0.1, 0.15) is 12.0 Å². The van der Waals surface area contributed by atoms with Crippen LogP contribution in [0, 0.1) is 24.6 Å². The zero-order valence-corrected chi connectivity index (χ0v) is 12.4. The van der Waals surface area contributed by atoms with E-state index in [4.69, 9.17) is 0 Å². The van der Waals surface area contributed by atoms with E-state index in [2.05, 4.69) is 15.5 Å². The number of nitrogens with zero attached hydrogens (tertiary/aromatic N) is 1. The van der Waals surface area contributed by atoms with E-state index < -0.39 is 0 Å². The number of hydrogen-bond donors (Lipinski definition) is 2. The van der Waals surface area contributed by atoms with Gasteiger partial charge in [0.2, 0.25) is 5.91 Å². The van der Waals surface area contributed by atoms with E-state index in [0.717, 1.165) is 38.5 Å². The Labute approximate surface area is 124 Å². The van der Waals surface area contributed by atoms with Gasteiger partial charge in [0.25, 0.3) is 0 Å². The van der Waals surface area contributed by atoms with E-state index in [1.807, 2.05) is 0 Å². The highest BCUT2D eigenvalue weighted by Gasteiger charge is 2.33. The molecule has 114 valence electrons. The number of aryl methyl sites for hydroxylation is 1. The van der Waals surface area contributed by atoms with Crippen LogP contribution in [-0.4, -0.2) is 43.5 Å². The van der Waals surface area contributed by atoms with Gasteiger partial charge in [0, 0.05) is 12.2 Å². The maximum atomic E-state index is 13.5. The van der Waals surface area contributed by atoms with Gasteiger partial charge < -0.3 is 10.6 Å². The van der Waals surface area contributed by atoms with Crippen LogP contribution in [0.2, 0.25) is 0 Å². The first-order valence-electron chi connectivity index (χ1n) is 7.61. The standard InChI is InChI=1S/C16H22FN3O/c1-11-2-3-14(6-15(11)17)19-16(21)10-20-5-4-12-7-18-8-13(12)9-20/h2-3,6,12-13,18H,4-5,7-10H2,1H3,(H,19,21). The van der Waals surface area contributed by atoms with Crippen molar-refractivity contribution >= 4 is 11.6 Å². The summed E-state index contributed by atoms with van der Waals surface area (Å²) in [6.07, 6.45) is 1.16. The van der Waals surface area contributed by atoms with Crippen molar-refractivity contribution in [3.05, 3.63) is 29.6 Å². The smallest absolute Gasteiger partial charge is 0.238 e. The third-order valence-corrected chi connectivity index (χ3v) is 4.61. The number of carbonyl (C=O) groups is 1. The number of nitrogens with one attached hydrogen (secondary N) is 2. The van der Waals surface area contributed by atoms with Crippen molar-refractivity contribution in [2.24, 2.45) is 11.8 Å². The Balaban J connectivity index is 1.53. The second-order valence-corrected chi connectivity index (χ2v) is 6.21. The lowest BCUT2D eigenvalue weighted by atomic mass is 9.89. The molecular weight excluding hydrogens is 269 g/mol. The van der Waals surface area contributed by atoms with Gasteiger partial charge in [0.15, 0.2) is 0 Å². The summed E-state index contributed by atoms with van der Waals surface area (Å²) in [6.45, 7) is 6.23. The second-order valence-electron chi connectivity index (χ2n) is 6.21. The first-order valence-corrected chi connectivity index (χ1v) is 7.61. The van der Waals surface area contributed by atoms with Crippen LogP contribution in [0.15, 0.2) is 18.2 Å². The van der Waals surface area contributed by atoms with Crippen LogP contribution < -0.4 is 10.6 Å². The first kappa shape index (κ1) is 14.5. The van der Waals surface area contributed by atoms with Crippen LogP contribution in [0.5, 0.6) is 0 Å². The van der Waals surface area contributed by atoms with Crippen molar-refractivity contribution in [3.63, 3.8) is 0 Å². The molecule has 1 amide bonds. The van der Waals surface area contributed by atoms with E-state index in [1.165, 1.54) is 6.07 Å². The van der Waals surface area contributed by atoms with Gasteiger partial charge in [-0.25, -0.2) is 4.39 Å². The summed E-state index contributed by atoms with van der Waals surface area (Å²) >= 11 is 0. The Morgan fingerprint density at radius 1 is 1.43 bits per heavy atom. The SMILES string of the molecule is Cc1ccc(NC(=O)CN2CCC3CNCC3C2)cc1F. The first-order chi connectivity index (χ1) is 10.1. The molecule has 3 rings (SSSR count). The van der Waals surface area contributed by atoms with Gasteiger partial charge >= 0.3 is 0 Å². The van der Waals surface area contributed by atoms with Crippen molar-refractivity contribution in [1.82, 2.24) is 10.2 Å². The summed E-state index contributed by atoms with van der Waals surface area (Å²) in [5, 5.41) is 6.20. The Morgan fingerprint density at radius 3 is 3.05 bits per heavy atom. The lowest BCUT2D eigenvalue weighted by Gasteiger charge is -2.33. The molecule has 1 aromatic rings. The minimum absolute atomic E-state index is 0.0670. The summed E-state index contributed by atoms with van der Waals surface area (Å²) in [4.78, 5) is 14.3. The fourth-order valence-electron chi connectivity index (χ4n) is 3.33. The fourth-order valence-corrected chi connectivity index (χ4v) is 3.33. The molecule has 0 aromatic heterocycles. The molecule has 5 heteroatoms. The monoisotopic (exact) mass is 291 g/mol. The molecule has 2 saturated heterocycles. The molecule has 0 spiro atoms. The normalized spacial score (nSPS) is 25.6. The van der Waals surface area contributed by atoms with E-state index in [0.29, 0.717) is 23.7 Å². The Bertz CT molecular complexity index is 534. The highest BCUT2D eigenvalue weighted by molar-refractivity contribution is 5.92. The minimum Gasteiger partial charge on any atom is -0.325 e. The van der Waals surface area contributed by atoms with Gasteiger partial charge in [-0.3, -0.25) is 9.69 Å². The quantitative estimate of drug-likeness (QED) is 0.889. The number of halogens is 1. The van der Waals surface area contributed by atoms with E-state index in [1.54, 1.807) is 19.1 Å². The molecule has 0 radical (unpaired) electrons. The average Bonchev–Trinajstić information content (AvgIpc) is 2.90. The van der Waals surface area contributed by atoms with Gasteiger partial charge in [-0.2, -0.15) is 0 Å². The van der Waals surface area contributed by atoms with Crippen LogP contribution in [0.25, 0.3) is 0 Å². The summed E-state index contributed by atoms with van der Waals surface area (Å²) in [6, 6.07) is 4.80. The predicted molar refractivity (Wildman–Crippen MR) is 80.7 cm³/mol. The third-order valence-electron chi connectivity index (χ3n) is 4.61. The Hall–Kier alpha value is -1.46. The molecule has 0 aliphatic carbocycles. The molecular formula is C16H22FN3O. The minimum atomic E-state index is -0.286. The molecule has 21 heavy (non-hydrogen) atoms. The zero-order valence-electron chi connectivity index (χ0n) is 12.4. The summed E-state index contributed by atoms with van der Waals surface area (Å²) < 4.78 is 13.5. The Morgan fingerprint density at radius 2 is 2.24 bits per heavy atom. The lowest BCUT2D eigenvalue weighted by Crippen LogP contribution is -2.43. The van der Waals surface area contributed by atoms with E-state index in [-0.39, 0.29) is 11.7 Å². The van der Waals surface area contributed by atoms with E-state index in [9.17, 15) is 9.18 Å². The van der Waals surface area contributed by atoms with Crippen LogP contribution >= 0.6 is 0 Å². The van der Waals surface area contributed by atoms with Crippen molar-refractivity contribution in [3.8, 4) is 0 Å². The predicted octanol–water partition coefficient (Wildman–Crippen LogP) is 1.61. The van der Waals surface area contributed by atoms with Crippen molar-refractivity contribution in [2.45, 2.75) is 13.3 Å². The highest BCUT2D eigenvalue weighted by Crippen LogP contribution is 2.26. The lowest BCUT2D eigenvalue weighted by molar-refractivity contribution is -0.117. The van der Waals surface area contributed by atoms with Crippen LogP contribution in [-0.2, 0) is 4.79 Å². The van der Waals surface area contributed by atoms with E-state index >= 15 is 0 Å². The largest absolute Gasteiger partial charge is 0.325 e. The molecule has 2 heterocycles. The summed E-state index contributed by atoms with van der Waals surface area (Å²) in [5.74, 6) is 1.09. The number of fused-ring (bicyclic) bond motifs is 1. The maximum absolute atomic E-state index is 13.5. The molecule has 4 nitrogen and oxygen atoms in total. The Kier molecular flexibility index (Phi) is 4.22. The topological polar surface area (TPSA) is 44.4 Å². The third kappa shape index (κ3) is 3.41. The number of amides is 1. The molecule has 0 saturated carbocycles. The van der Waals surface area contributed by atoms with Gasteiger partial charge in [0.05, 0.1) is 6.54 Å². The molecule has 0 bridgehead atoms. The molecule has 2 aliphatic rings. The number of piperidine rings is 1. The maximum Gasteiger partial charge on any atom is 0.238 e. The second kappa shape index (κ2) is 6.12. The molecule has 2 unspecified atom stereocenters. The van der Waals surface area contributed by atoms with Crippen molar-refractivity contribution in [1.29, 1.82) is 0 Å². The van der Waals surface area contributed by atoms with Crippen LogP contribution in [0.4, 0.5) is 10.1 Å². The number of anilines is 1. The van der Waals surface area contributed by atoms with Gasteiger partial charge in [-0.05, 0) is 62.5 Å². The van der Waals surface area contributed by atoms with Crippen molar-refractivity contribution in [2.75, 3.05) is 38.0 Å². The van der Waals surface area contributed by atoms with Gasteiger partial charge in [-0.15, -0.1) is 0 Å². The molecule has 2 aliphatic heterocycles. The molecule has 1 aromatic carbocycles. The number of rotatable bonds is 3. The summed E-state index contributed by atoms with van der Waals surface area (Å²) in [5.41, 5.74) is 1.12. The molecule has 2 N–H and O–H groups in total. The number of benzene rings is 1. The van der Waals surface area contributed by atoms with Crippen LogP contribution in [0.3, 0.4) is 0 Å². The fraction of sp³-hybridized carbons (Fsp3) is 0.562. The highest BCUT2D eigenvalue weighted by atomic mass is 19.1. The molecule has 2 fully saturated rings. The van der Waals surface area contributed by atoms with Gasteiger partial charge in [0.1, 0.15) is 5.82 Å². The number of likely N-dealkylation sites (tertiary alicyclic amines) is 1. The zero-order chi connectivity index (χ0) is 14.8. The number of hydrogen-bond acceptors (Lipinski definition) is 3. The molecule has 2 atom stereocenters.